The topological polar surface area (TPSA) is 273 Å². The van der Waals surface area contributed by atoms with Crippen molar-refractivity contribution in [2.45, 2.75) is 50.9 Å². The number of unbranched alkanes of at least 4 members (excludes halogenated alkanes) is 3. The minimum Gasteiger partial charge on any atom is -0.480 e. The van der Waals surface area contributed by atoms with Crippen molar-refractivity contribution < 1.29 is 58.9 Å². The van der Waals surface area contributed by atoms with Crippen molar-refractivity contribution in [1.82, 2.24) is 40.4 Å². The molecule has 0 bridgehead atoms. The molecule has 52 heavy (non-hydrogen) atoms. The standard InChI is InChI=1S/C31H55BN8O12/c41-25(34-18-26(42)35-19-28(44)40-9-5-6-24(40)32(51)52)7-3-1-2-4-8-33-27(43)20-36-10-12-37(21-29(45)46)14-16-39(23-31(49)50)17-15-38(13-11-36)22-30(47)48/h24,51-52H,1-23H2,(H,33,43)(H,34,41)(H,35,42)(H,45,46)(H,47,48)(H,49,50)/t24-/m0/s1. The van der Waals surface area contributed by atoms with Crippen LogP contribution < -0.4 is 16.0 Å². The molecule has 0 aromatic carbocycles. The highest BCUT2D eigenvalue weighted by Gasteiger charge is 2.36. The number of hydrogen-bond donors (Lipinski definition) is 8. The molecule has 2 saturated heterocycles. The Morgan fingerprint density at radius 1 is 0.538 bits per heavy atom. The number of hydrogen-bond acceptors (Lipinski definition) is 13. The summed E-state index contributed by atoms with van der Waals surface area (Å²) in [6.07, 6.45) is 4.01. The number of amides is 4. The van der Waals surface area contributed by atoms with Gasteiger partial charge in [-0.05, 0) is 25.7 Å². The van der Waals surface area contributed by atoms with Gasteiger partial charge in [-0.25, -0.2) is 0 Å². The van der Waals surface area contributed by atoms with Gasteiger partial charge in [0.2, 0.25) is 23.6 Å². The van der Waals surface area contributed by atoms with Gasteiger partial charge in [0.15, 0.2) is 0 Å². The first-order valence-corrected chi connectivity index (χ1v) is 17.7. The van der Waals surface area contributed by atoms with E-state index in [2.05, 4.69) is 16.0 Å². The van der Waals surface area contributed by atoms with E-state index >= 15 is 0 Å². The molecule has 0 aromatic heterocycles. The highest BCUT2D eigenvalue weighted by atomic mass is 16.4. The number of carbonyl (C=O) groups is 7. The molecule has 0 aliphatic carbocycles. The molecule has 2 aliphatic rings. The maximum atomic E-state index is 12.8. The van der Waals surface area contributed by atoms with Crippen molar-refractivity contribution in [2.24, 2.45) is 0 Å². The summed E-state index contributed by atoms with van der Waals surface area (Å²) in [5, 5.41) is 54.6. The van der Waals surface area contributed by atoms with E-state index in [1.54, 1.807) is 14.7 Å². The van der Waals surface area contributed by atoms with Crippen LogP contribution >= 0.6 is 0 Å². The Morgan fingerprint density at radius 3 is 1.48 bits per heavy atom. The fourth-order valence-electron chi connectivity index (χ4n) is 6.05. The Bertz CT molecular complexity index is 1170. The monoisotopic (exact) mass is 742 g/mol. The lowest BCUT2D eigenvalue weighted by Crippen LogP contribution is -2.49. The van der Waals surface area contributed by atoms with Crippen LogP contribution in [0.3, 0.4) is 0 Å². The predicted molar refractivity (Wildman–Crippen MR) is 186 cm³/mol. The fourth-order valence-corrected chi connectivity index (χ4v) is 6.05. The summed E-state index contributed by atoms with van der Waals surface area (Å²) < 4.78 is 0. The first-order chi connectivity index (χ1) is 24.7. The van der Waals surface area contributed by atoms with E-state index in [1.165, 1.54) is 4.90 Å². The molecule has 0 spiro atoms. The van der Waals surface area contributed by atoms with Gasteiger partial charge in [-0.1, -0.05) is 12.8 Å². The number of carboxylic acid groups (broad SMARTS) is 3. The predicted octanol–water partition coefficient (Wildman–Crippen LogP) is -4.24. The summed E-state index contributed by atoms with van der Waals surface area (Å²) >= 11 is 0. The maximum absolute atomic E-state index is 12.8. The Hall–Kier alpha value is -3.89. The van der Waals surface area contributed by atoms with Gasteiger partial charge in [0.1, 0.15) is 0 Å². The summed E-state index contributed by atoms with van der Waals surface area (Å²) in [5.74, 6) is -5.30. The van der Waals surface area contributed by atoms with Crippen molar-refractivity contribution in [3.05, 3.63) is 0 Å². The second-order valence-corrected chi connectivity index (χ2v) is 13.1. The number of likely N-dealkylation sites (tertiary alicyclic amines) is 1. The highest BCUT2D eigenvalue weighted by Crippen LogP contribution is 2.17. The minimum absolute atomic E-state index is 0.0272. The van der Waals surface area contributed by atoms with Crippen LogP contribution in [0.2, 0.25) is 0 Å². The fraction of sp³-hybridized carbons (Fsp3) is 0.774. The summed E-state index contributed by atoms with van der Waals surface area (Å²) in [7, 11) is -1.64. The Kier molecular flexibility index (Phi) is 20.8. The van der Waals surface area contributed by atoms with Gasteiger partial charge in [-0.3, -0.25) is 53.2 Å². The van der Waals surface area contributed by atoms with E-state index in [-0.39, 0.29) is 83.7 Å². The molecule has 2 aliphatic heterocycles. The zero-order valence-corrected chi connectivity index (χ0v) is 29.7. The minimum atomic E-state index is -1.64. The van der Waals surface area contributed by atoms with Gasteiger partial charge in [0.05, 0.1) is 45.2 Å². The van der Waals surface area contributed by atoms with Gasteiger partial charge in [0.25, 0.3) is 0 Å². The zero-order valence-electron chi connectivity index (χ0n) is 29.7. The largest absolute Gasteiger partial charge is 0.480 e. The maximum Gasteiger partial charge on any atom is 0.475 e. The van der Waals surface area contributed by atoms with E-state index in [9.17, 15) is 58.9 Å². The van der Waals surface area contributed by atoms with Crippen LogP contribution in [0.1, 0.15) is 44.9 Å². The van der Waals surface area contributed by atoms with Crippen LogP contribution in [0.5, 0.6) is 0 Å². The molecule has 0 unspecified atom stereocenters. The molecule has 4 amide bonds. The molecule has 2 heterocycles. The summed E-state index contributed by atoms with van der Waals surface area (Å²) in [4.78, 5) is 91.7. The van der Waals surface area contributed by atoms with Crippen molar-refractivity contribution in [3.63, 3.8) is 0 Å². The lowest BCUT2D eigenvalue weighted by atomic mass is 9.78. The Morgan fingerprint density at radius 2 is 1.00 bits per heavy atom. The van der Waals surface area contributed by atoms with E-state index in [0.717, 1.165) is 6.42 Å². The van der Waals surface area contributed by atoms with Gasteiger partial charge < -0.3 is 46.2 Å². The Labute approximate surface area is 303 Å². The molecule has 0 aromatic rings. The quantitative estimate of drug-likeness (QED) is 0.0434. The smallest absolute Gasteiger partial charge is 0.475 e. The molecular formula is C31H55BN8O12. The van der Waals surface area contributed by atoms with E-state index < -0.39 is 42.8 Å². The second kappa shape index (κ2) is 24.4. The first kappa shape index (κ1) is 44.3. The molecule has 20 nitrogen and oxygen atoms in total. The molecule has 0 saturated carbocycles. The molecule has 21 heteroatoms. The van der Waals surface area contributed by atoms with Crippen molar-refractivity contribution in [1.29, 1.82) is 0 Å². The van der Waals surface area contributed by atoms with E-state index in [1.807, 2.05) is 4.90 Å². The van der Waals surface area contributed by atoms with E-state index in [4.69, 9.17) is 0 Å². The number of aliphatic carboxylic acids is 3. The van der Waals surface area contributed by atoms with Crippen LogP contribution in [0, 0.1) is 0 Å². The van der Waals surface area contributed by atoms with Gasteiger partial charge in [-0.15, -0.1) is 0 Å². The average molecular weight is 743 g/mol. The van der Waals surface area contributed by atoms with Gasteiger partial charge >= 0.3 is 25.0 Å². The molecule has 2 rings (SSSR count). The second-order valence-electron chi connectivity index (χ2n) is 13.1. The molecule has 294 valence electrons. The van der Waals surface area contributed by atoms with Crippen LogP contribution in [0.25, 0.3) is 0 Å². The van der Waals surface area contributed by atoms with Crippen molar-refractivity contribution in [3.8, 4) is 0 Å². The number of nitrogens with zero attached hydrogens (tertiary/aromatic N) is 5. The van der Waals surface area contributed by atoms with Gasteiger partial charge in [0, 0.05) is 71.9 Å². The van der Waals surface area contributed by atoms with Crippen LogP contribution in [-0.4, -0.2) is 209 Å². The number of carbonyl (C=O) groups excluding carboxylic acids is 4. The SMILES string of the molecule is O=C(O)CN1CCN(CC(=O)O)CCN(CC(=O)NCCCCCCC(=O)NCC(=O)NCC(=O)N2CCC[C@H]2B(O)O)CCN(CC(=O)O)CC1. The highest BCUT2D eigenvalue weighted by molar-refractivity contribution is 6.43. The van der Waals surface area contributed by atoms with Crippen LogP contribution in [0.15, 0.2) is 0 Å². The molecule has 1 atom stereocenters. The summed E-state index contributed by atoms with van der Waals surface area (Å²) in [5.41, 5.74) is 0. The normalized spacial score (nSPS) is 18.5. The third-order valence-corrected chi connectivity index (χ3v) is 8.87. The molecule has 0 radical (unpaired) electrons. The lowest BCUT2D eigenvalue weighted by Gasteiger charge is -2.32. The third kappa shape index (κ3) is 19.1. The molecule has 2 fully saturated rings. The third-order valence-electron chi connectivity index (χ3n) is 8.87. The molecular weight excluding hydrogens is 687 g/mol. The average Bonchev–Trinajstić information content (AvgIpc) is 3.57. The van der Waals surface area contributed by atoms with Crippen molar-refractivity contribution >= 4 is 48.7 Å². The van der Waals surface area contributed by atoms with Crippen LogP contribution in [0.4, 0.5) is 0 Å². The van der Waals surface area contributed by atoms with E-state index in [0.29, 0.717) is 71.4 Å². The number of rotatable bonds is 20. The Balaban J connectivity index is 1.68. The first-order valence-electron chi connectivity index (χ1n) is 17.7. The lowest BCUT2D eigenvalue weighted by molar-refractivity contribution is -0.140. The molecule has 8 N–H and O–H groups in total. The number of nitrogens with one attached hydrogen (secondary N) is 3. The summed E-state index contributed by atoms with van der Waals surface area (Å²) in [6, 6.07) is 0. The van der Waals surface area contributed by atoms with Crippen LogP contribution in [-0.2, 0) is 33.6 Å². The van der Waals surface area contributed by atoms with Gasteiger partial charge in [-0.2, -0.15) is 0 Å². The number of carboxylic acids is 3. The summed E-state index contributed by atoms with van der Waals surface area (Å²) in [6.45, 7) is 1.93. The zero-order chi connectivity index (χ0) is 38.5. The van der Waals surface area contributed by atoms with Crippen molar-refractivity contribution in [2.75, 3.05) is 105 Å².